The first kappa shape index (κ1) is 19.3. The van der Waals surface area contributed by atoms with Crippen molar-refractivity contribution < 1.29 is 19.1 Å². The number of hydrogen-bond donors (Lipinski definition) is 2. The third kappa shape index (κ3) is 4.10. The summed E-state index contributed by atoms with van der Waals surface area (Å²) in [4.78, 5) is 25.1. The number of allylic oxidation sites excluding steroid dienone is 1. The average molecular weight is 372 g/mol. The van der Waals surface area contributed by atoms with Crippen molar-refractivity contribution in [3.63, 3.8) is 0 Å². The zero-order valence-electron chi connectivity index (χ0n) is 16.4. The molecule has 0 aromatic heterocycles. The maximum absolute atomic E-state index is 13.0. The summed E-state index contributed by atoms with van der Waals surface area (Å²) >= 11 is 0. The van der Waals surface area contributed by atoms with Crippen LogP contribution in [-0.2, 0) is 9.53 Å². The van der Waals surface area contributed by atoms with Crippen molar-refractivity contribution in [1.82, 2.24) is 10.6 Å². The van der Waals surface area contributed by atoms with Gasteiger partial charge in [-0.15, -0.1) is 0 Å². The molecule has 6 heteroatoms. The monoisotopic (exact) mass is 372 g/mol. The number of carbonyl (C=O) groups excluding carboxylic acids is 2. The van der Waals surface area contributed by atoms with Gasteiger partial charge in [-0.05, 0) is 44.1 Å². The SMILES string of the molecule is COc1ccccc1[C@@H]1NC(=O)NC(C)=C1C(=O)O[C@@H]1CC[C@H](C)[C@@H](C)C1. The van der Waals surface area contributed by atoms with Crippen LogP contribution in [0.25, 0.3) is 0 Å². The number of benzene rings is 1. The van der Waals surface area contributed by atoms with Crippen LogP contribution >= 0.6 is 0 Å². The molecule has 4 atom stereocenters. The number of methoxy groups -OCH3 is 1. The van der Waals surface area contributed by atoms with Crippen molar-refractivity contribution in [2.75, 3.05) is 7.11 Å². The average Bonchev–Trinajstić information content (AvgIpc) is 2.64. The van der Waals surface area contributed by atoms with Crippen molar-refractivity contribution in [3.8, 4) is 5.75 Å². The van der Waals surface area contributed by atoms with Crippen molar-refractivity contribution >= 4 is 12.0 Å². The molecular formula is C21H28N2O4. The number of rotatable bonds is 4. The molecule has 0 spiro atoms. The van der Waals surface area contributed by atoms with E-state index in [9.17, 15) is 9.59 Å². The van der Waals surface area contributed by atoms with E-state index in [0.29, 0.717) is 28.9 Å². The number of amides is 2. The summed E-state index contributed by atoms with van der Waals surface area (Å²) in [5.74, 6) is 1.41. The molecule has 1 aliphatic carbocycles. The van der Waals surface area contributed by atoms with E-state index in [-0.39, 0.29) is 18.1 Å². The molecule has 1 aromatic carbocycles. The normalized spacial score (nSPS) is 28.2. The van der Waals surface area contributed by atoms with Crippen LogP contribution in [0.1, 0.15) is 51.6 Å². The van der Waals surface area contributed by atoms with Gasteiger partial charge in [0.05, 0.1) is 18.7 Å². The molecule has 0 saturated heterocycles. The fraction of sp³-hybridized carbons (Fsp3) is 0.524. The maximum atomic E-state index is 13.0. The highest BCUT2D eigenvalue weighted by Crippen LogP contribution is 2.35. The molecule has 1 fully saturated rings. The van der Waals surface area contributed by atoms with Gasteiger partial charge in [-0.1, -0.05) is 32.0 Å². The first-order valence-electron chi connectivity index (χ1n) is 9.52. The van der Waals surface area contributed by atoms with Crippen LogP contribution in [0, 0.1) is 11.8 Å². The number of esters is 1. The molecule has 3 rings (SSSR count). The quantitative estimate of drug-likeness (QED) is 0.790. The van der Waals surface area contributed by atoms with Crippen molar-refractivity contribution in [3.05, 3.63) is 41.1 Å². The van der Waals surface area contributed by atoms with Crippen LogP contribution in [0.5, 0.6) is 5.75 Å². The Hall–Kier alpha value is -2.50. The minimum absolute atomic E-state index is 0.0834. The summed E-state index contributed by atoms with van der Waals surface area (Å²) in [7, 11) is 1.57. The lowest BCUT2D eigenvalue weighted by molar-refractivity contribution is -0.147. The largest absolute Gasteiger partial charge is 0.496 e. The molecule has 6 nitrogen and oxygen atoms in total. The van der Waals surface area contributed by atoms with E-state index in [0.717, 1.165) is 24.8 Å². The highest BCUT2D eigenvalue weighted by molar-refractivity contribution is 5.95. The Morgan fingerprint density at radius 3 is 2.59 bits per heavy atom. The van der Waals surface area contributed by atoms with E-state index in [1.807, 2.05) is 24.3 Å². The second-order valence-electron chi connectivity index (χ2n) is 7.61. The number of para-hydroxylation sites is 1. The molecule has 146 valence electrons. The van der Waals surface area contributed by atoms with Crippen LogP contribution < -0.4 is 15.4 Å². The van der Waals surface area contributed by atoms with E-state index >= 15 is 0 Å². The molecule has 0 radical (unpaired) electrons. The van der Waals surface area contributed by atoms with E-state index < -0.39 is 6.04 Å². The molecule has 2 amide bonds. The number of nitrogens with one attached hydrogen (secondary N) is 2. The van der Waals surface area contributed by atoms with Crippen LogP contribution in [0.4, 0.5) is 4.79 Å². The lowest BCUT2D eigenvalue weighted by Gasteiger charge is -2.33. The Morgan fingerprint density at radius 2 is 1.89 bits per heavy atom. The number of hydrogen-bond acceptors (Lipinski definition) is 4. The molecule has 1 heterocycles. The molecule has 0 unspecified atom stereocenters. The highest BCUT2D eigenvalue weighted by Gasteiger charge is 2.36. The Kier molecular flexibility index (Phi) is 5.73. The Balaban J connectivity index is 1.87. The molecule has 1 aromatic rings. The summed E-state index contributed by atoms with van der Waals surface area (Å²) < 4.78 is 11.3. The standard InChI is InChI=1S/C21H28N2O4/c1-12-9-10-15(11-13(12)2)27-20(24)18-14(3)22-21(25)23-19(18)16-7-5-6-8-17(16)26-4/h5-8,12-13,15,19H,9-11H2,1-4H3,(H2,22,23,25)/t12-,13-,15+,19-/m0/s1. The predicted octanol–water partition coefficient (Wildman–Crippen LogP) is 3.69. The van der Waals surface area contributed by atoms with Gasteiger partial charge in [-0.3, -0.25) is 0 Å². The topological polar surface area (TPSA) is 76.7 Å². The lowest BCUT2D eigenvalue weighted by atomic mass is 9.80. The van der Waals surface area contributed by atoms with Crippen molar-refractivity contribution in [2.45, 2.75) is 52.2 Å². The van der Waals surface area contributed by atoms with E-state index in [4.69, 9.17) is 9.47 Å². The van der Waals surface area contributed by atoms with E-state index in [1.165, 1.54) is 0 Å². The molecule has 27 heavy (non-hydrogen) atoms. The van der Waals surface area contributed by atoms with Crippen molar-refractivity contribution in [2.24, 2.45) is 11.8 Å². The zero-order valence-corrected chi connectivity index (χ0v) is 16.4. The summed E-state index contributed by atoms with van der Waals surface area (Å²) in [5, 5.41) is 5.52. The maximum Gasteiger partial charge on any atom is 0.338 e. The van der Waals surface area contributed by atoms with Gasteiger partial charge in [0, 0.05) is 11.3 Å². The third-order valence-corrected chi connectivity index (χ3v) is 5.76. The van der Waals surface area contributed by atoms with Gasteiger partial charge in [0.1, 0.15) is 11.9 Å². The van der Waals surface area contributed by atoms with Gasteiger partial charge in [0.2, 0.25) is 0 Å². The van der Waals surface area contributed by atoms with Gasteiger partial charge in [-0.25, -0.2) is 9.59 Å². The van der Waals surface area contributed by atoms with Gasteiger partial charge in [-0.2, -0.15) is 0 Å². The molecule has 2 aliphatic rings. The second-order valence-corrected chi connectivity index (χ2v) is 7.61. The lowest BCUT2D eigenvalue weighted by Crippen LogP contribution is -2.46. The number of urea groups is 1. The van der Waals surface area contributed by atoms with Gasteiger partial charge < -0.3 is 20.1 Å². The first-order valence-corrected chi connectivity index (χ1v) is 9.52. The summed E-state index contributed by atoms with van der Waals surface area (Å²) in [6.07, 6.45) is 2.73. The van der Waals surface area contributed by atoms with E-state index in [1.54, 1.807) is 14.0 Å². The zero-order chi connectivity index (χ0) is 19.6. The molecule has 1 aliphatic heterocycles. The Morgan fingerprint density at radius 1 is 1.15 bits per heavy atom. The highest BCUT2D eigenvalue weighted by atomic mass is 16.5. The van der Waals surface area contributed by atoms with Gasteiger partial charge in [0.25, 0.3) is 0 Å². The van der Waals surface area contributed by atoms with Gasteiger partial charge in [0.15, 0.2) is 0 Å². The summed E-state index contributed by atoms with van der Waals surface area (Å²) in [6.45, 7) is 6.17. The fourth-order valence-electron chi connectivity index (χ4n) is 3.92. The Labute approximate surface area is 160 Å². The smallest absolute Gasteiger partial charge is 0.338 e. The van der Waals surface area contributed by atoms with Crippen LogP contribution in [0.2, 0.25) is 0 Å². The molecular weight excluding hydrogens is 344 g/mol. The van der Waals surface area contributed by atoms with Gasteiger partial charge >= 0.3 is 12.0 Å². The Bertz CT molecular complexity index is 758. The van der Waals surface area contributed by atoms with Crippen molar-refractivity contribution in [1.29, 1.82) is 0 Å². The fourth-order valence-corrected chi connectivity index (χ4v) is 3.92. The molecule has 1 saturated carbocycles. The minimum Gasteiger partial charge on any atom is -0.496 e. The molecule has 2 N–H and O–H groups in total. The third-order valence-electron chi connectivity index (χ3n) is 5.76. The summed E-state index contributed by atoms with van der Waals surface area (Å²) in [5.41, 5.74) is 1.66. The van der Waals surface area contributed by atoms with Crippen LogP contribution in [0.15, 0.2) is 35.5 Å². The predicted molar refractivity (Wildman–Crippen MR) is 102 cm³/mol. The number of ether oxygens (including phenoxy) is 2. The molecule has 0 bridgehead atoms. The number of carbonyl (C=O) groups is 2. The van der Waals surface area contributed by atoms with Crippen LogP contribution in [0.3, 0.4) is 0 Å². The van der Waals surface area contributed by atoms with Crippen LogP contribution in [-0.4, -0.2) is 25.2 Å². The van der Waals surface area contributed by atoms with E-state index in [2.05, 4.69) is 24.5 Å². The first-order chi connectivity index (χ1) is 12.9. The summed E-state index contributed by atoms with van der Waals surface area (Å²) in [6, 6.07) is 6.41. The minimum atomic E-state index is -0.609. The second kappa shape index (κ2) is 8.03.